The summed E-state index contributed by atoms with van der Waals surface area (Å²) in [5, 5.41) is 20.8. The van der Waals surface area contributed by atoms with Crippen LogP contribution in [-0.4, -0.2) is 37.2 Å². The Hall–Kier alpha value is -3.39. The molecule has 1 atom stereocenters. The second-order valence-corrected chi connectivity index (χ2v) is 8.59. The fraction of sp³-hybridized carbons (Fsp3) is 0.304. The maximum atomic E-state index is 12.8. The molecule has 2 aromatic carbocycles. The molecule has 0 bridgehead atoms. The minimum absolute atomic E-state index is 0.262. The Morgan fingerprint density at radius 1 is 1.25 bits per heavy atom. The third-order valence-electron chi connectivity index (χ3n) is 5.72. The first-order chi connectivity index (χ1) is 15.4. The SMILES string of the molecule is C[C@@H](C(=O)O)n1nc(Cn2cc3cc(OCC4CC4)c(Cl)cc3n2)c2ccccc2c1=O. The van der Waals surface area contributed by atoms with Gasteiger partial charge >= 0.3 is 5.97 Å². The van der Waals surface area contributed by atoms with Crippen molar-refractivity contribution >= 4 is 39.2 Å². The van der Waals surface area contributed by atoms with Crippen LogP contribution < -0.4 is 10.3 Å². The van der Waals surface area contributed by atoms with Crippen molar-refractivity contribution in [3.63, 3.8) is 0 Å². The second kappa shape index (κ2) is 7.94. The quantitative estimate of drug-likeness (QED) is 0.456. The molecule has 8 nitrogen and oxygen atoms in total. The molecule has 1 fully saturated rings. The number of hydrogen-bond donors (Lipinski definition) is 1. The van der Waals surface area contributed by atoms with E-state index in [0.717, 1.165) is 10.1 Å². The highest BCUT2D eigenvalue weighted by Crippen LogP contribution is 2.33. The molecule has 4 aromatic rings. The van der Waals surface area contributed by atoms with Gasteiger partial charge in [0.1, 0.15) is 5.75 Å². The molecule has 2 aromatic heterocycles. The van der Waals surface area contributed by atoms with Gasteiger partial charge in [-0.05, 0) is 43.9 Å². The molecular formula is C23H21ClN4O4. The summed E-state index contributed by atoms with van der Waals surface area (Å²) in [6, 6.07) is 9.61. The van der Waals surface area contributed by atoms with Crippen molar-refractivity contribution in [3.8, 4) is 5.75 Å². The maximum Gasteiger partial charge on any atom is 0.328 e. The van der Waals surface area contributed by atoms with Crippen LogP contribution in [0.3, 0.4) is 0 Å². The number of benzene rings is 2. The average Bonchev–Trinajstić information content (AvgIpc) is 3.53. The minimum Gasteiger partial charge on any atom is -0.492 e. The molecule has 0 unspecified atom stereocenters. The van der Waals surface area contributed by atoms with Crippen molar-refractivity contribution < 1.29 is 14.6 Å². The van der Waals surface area contributed by atoms with Crippen LogP contribution in [0.4, 0.5) is 0 Å². The molecule has 0 aliphatic heterocycles. The smallest absolute Gasteiger partial charge is 0.328 e. The first-order valence-corrected chi connectivity index (χ1v) is 10.8. The monoisotopic (exact) mass is 452 g/mol. The molecule has 0 radical (unpaired) electrons. The van der Waals surface area contributed by atoms with E-state index in [0.29, 0.717) is 45.3 Å². The Morgan fingerprint density at radius 2 is 2.00 bits per heavy atom. The summed E-state index contributed by atoms with van der Waals surface area (Å²) in [7, 11) is 0. The van der Waals surface area contributed by atoms with Gasteiger partial charge in [0.25, 0.3) is 5.56 Å². The summed E-state index contributed by atoms with van der Waals surface area (Å²) >= 11 is 6.38. The lowest BCUT2D eigenvalue weighted by Gasteiger charge is -2.13. The Kier molecular flexibility index (Phi) is 5.09. The van der Waals surface area contributed by atoms with E-state index in [1.165, 1.54) is 19.8 Å². The molecule has 0 saturated heterocycles. The summed E-state index contributed by atoms with van der Waals surface area (Å²) in [6.07, 6.45) is 4.25. The van der Waals surface area contributed by atoms with E-state index >= 15 is 0 Å². The molecule has 5 rings (SSSR count). The van der Waals surface area contributed by atoms with Crippen molar-refractivity contribution in [2.75, 3.05) is 6.61 Å². The van der Waals surface area contributed by atoms with E-state index in [1.807, 2.05) is 18.3 Å². The molecule has 0 spiro atoms. The van der Waals surface area contributed by atoms with Gasteiger partial charge in [-0.15, -0.1) is 0 Å². The van der Waals surface area contributed by atoms with Crippen molar-refractivity contribution in [1.29, 1.82) is 0 Å². The Labute approximate surface area is 188 Å². The van der Waals surface area contributed by atoms with E-state index in [1.54, 1.807) is 28.9 Å². The molecule has 164 valence electrons. The molecule has 1 saturated carbocycles. The Morgan fingerprint density at radius 3 is 2.72 bits per heavy atom. The molecule has 1 N–H and O–H groups in total. The number of nitrogens with zero attached hydrogens (tertiary/aromatic N) is 4. The zero-order valence-electron chi connectivity index (χ0n) is 17.4. The number of ether oxygens (including phenoxy) is 1. The summed E-state index contributed by atoms with van der Waals surface area (Å²) in [5.41, 5.74) is 0.830. The van der Waals surface area contributed by atoms with E-state index in [-0.39, 0.29) is 6.54 Å². The predicted octanol–water partition coefficient (Wildman–Crippen LogP) is 3.88. The van der Waals surface area contributed by atoms with Crippen molar-refractivity contribution in [3.05, 3.63) is 63.7 Å². The van der Waals surface area contributed by atoms with Crippen LogP contribution in [0.1, 0.15) is 31.5 Å². The lowest BCUT2D eigenvalue weighted by molar-refractivity contribution is -0.140. The van der Waals surface area contributed by atoms with Crippen LogP contribution in [0.15, 0.2) is 47.4 Å². The van der Waals surface area contributed by atoms with Crippen LogP contribution in [0.5, 0.6) is 5.75 Å². The van der Waals surface area contributed by atoms with Gasteiger partial charge in [0.15, 0.2) is 6.04 Å². The fourth-order valence-corrected chi connectivity index (χ4v) is 3.88. The molecular weight excluding hydrogens is 432 g/mol. The number of carboxylic acids is 1. The first kappa shape index (κ1) is 20.5. The fourth-order valence-electron chi connectivity index (χ4n) is 3.67. The normalized spacial score (nSPS) is 14.7. The van der Waals surface area contributed by atoms with E-state index in [4.69, 9.17) is 16.3 Å². The highest BCUT2D eigenvalue weighted by Gasteiger charge is 2.23. The van der Waals surface area contributed by atoms with Crippen LogP contribution in [0, 0.1) is 5.92 Å². The van der Waals surface area contributed by atoms with Gasteiger partial charge in [0.2, 0.25) is 0 Å². The number of aliphatic carboxylic acids is 1. The van der Waals surface area contributed by atoms with Gasteiger partial charge in [-0.25, -0.2) is 9.48 Å². The summed E-state index contributed by atoms with van der Waals surface area (Å²) in [6.45, 7) is 2.36. The van der Waals surface area contributed by atoms with Crippen molar-refractivity contribution in [2.24, 2.45) is 5.92 Å². The highest BCUT2D eigenvalue weighted by molar-refractivity contribution is 6.32. The van der Waals surface area contributed by atoms with Gasteiger partial charge < -0.3 is 9.84 Å². The van der Waals surface area contributed by atoms with Gasteiger partial charge in [0, 0.05) is 17.0 Å². The molecule has 1 aliphatic rings. The number of aromatic nitrogens is 4. The van der Waals surface area contributed by atoms with Gasteiger partial charge in [-0.1, -0.05) is 29.8 Å². The third-order valence-corrected chi connectivity index (χ3v) is 6.01. The number of carboxylic acid groups (broad SMARTS) is 1. The van der Waals surface area contributed by atoms with Gasteiger partial charge in [-0.3, -0.25) is 9.48 Å². The van der Waals surface area contributed by atoms with Crippen LogP contribution >= 0.6 is 11.6 Å². The maximum absolute atomic E-state index is 12.8. The number of hydrogen-bond acceptors (Lipinski definition) is 5. The summed E-state index contributed by atoms with van der Waals surface area (Å²) < 4.78 is 8.58. The predicted molar refractivity (Wildman–Crippen MR) is 120 cm³/mol. The number of fused-ring (bicyclic) bond motifs is 2. The number of rotatable bonds is 7. The van der Waals surface area contributed by atoms with E-state index in [9.17, 15) is 14.7 Å². The number of carbonyl (C=O) groups is 1. The topological polar surface area (TPSA) is 99.2 Å². The van der Waals surface area contributed by atoms with Gasteiger partial charge in [-0.2, -0.15) is 10.2 Å². The van der Waals surface area contributed by atoms with Crippen molar-refractivity contribution in [2.45, 2.75) is 32.4 Å². The lowest BCUT2D eigenvalue weighted by atomic mass is 10.1. The first-order valence-electron chi connectivity index (χ1n) is 10.4. The largest absolute Gasteiger partial charge is 0.492 e. The molecule has 1 aliphatic carbocycles. The molecule has 2 heterocycles. The molecule has 32 heavy (non-hydrogen) atoms. The summed E-state index contributed by atoms with van der Waals surface area (Å²) in [4.78, 5) is 24.3. The Balaban J connectivity index is 1.54. The van der Waals surface area contributed by atoms with Crippen LogP contribution in [0.2, 0.25) is 5.02 Å². The average molecular weight is 453 g/mol. The summed E-state index contributed by atoms with van der Waals surface area (Å²) in [5.74, 6) is 0.129. The minimum atomic E-state index is -1.13. The molecule has 9 heteroatoms. The van der Waals surface area contributed by atoms with Crippen LogP contribution in [-0.2, 0) is 11.3 Å². The standard InChI is InChI=1S/C23H21ClN4O4/c1-13(23(30)31)28-22(29)17-5-3-2-4-16(17)20(26-28)11-27-10-15-8-21(32-12-14-6-7-14)18(24)9-19(15)25-27/h2-5,8-10,13-14H,6-7,11-12H2,1H3,(H,30,31)/t13-/m0/s1. The zero-order chi connectivity index (χ0) is 22.4. The van der Waals surface area contributed by atoms with E-state index in [2.05, 4.69) is 10.2 Å². The highest BCUT2D eigenvalue weighted by atomic mass is 35.5. The Bertz CT molecular complexity index is 1410. The number of halogens is 1. The van der Waals surface area contributed by atoms with E-state index < -0.39 is 17.6 Å². The van der Waals surface area contributed by atoms with Crippen molar-refractivity contribution in [1.82, 2.24) is 19.6 Å². The zero-order valence-corrected chi connectivity index (χ0v) is 18.1. The third kappa shape index (κ3) is 3.82. The molecule has 0 amide bonds. The van der Waals surface area contributed by atoms with Gasteiger partial charge in [0.05, 0.1) is 34.8 Å². The second-order valence-electron chi connectivity index (χ2n) is 8.18. The van der Waals surface area contributed by atoms with Crippen LogP contribution in [0.25, 0.3) is 21.7 Å². The lowest BCUT2D eigenvalue weighted by Crippen LogP contribution is -2.31.